The zero-order valence-corrected chi connectivity index (χ0v) is 12.9. The SMILES string of the molecule is COc1ccc(C2(C)NC(=O)N(C3CCNCC3)C2=O)cc1. The van der Waals surface area contributed by atoms with Gasteiger partial charge in [-0.15, -0.1) is 0 Å². The number of carbonyl (C=O) groups is 2. The molecular weight excluding hydrogens is 282 g/mol. The van der Waals surface area contributed by atoms with Gasteiger partial charge in [-0.05, 0) is 50.6 Å². The van der Waals surface area contributed by atoms with Crippen LogP contribution in [0.4, 0.5) is 4.79 Å². The van der Waals surface area contributed by atoms with Gasteiger partial charge in [-0.2, -0.15) is 0 Å². The maximum atomic E-state index is 12.9. The summed E-state index contributed by atoms with van der Waals surface area (Å²) in [5.41, 5.74) is -0.239. The van der Waals surface area contributed by atoms with Crippen molar-refractivity contribution < 1.29 is 14.3 Å². The van der Waals surface area contributed by atoms with Gasteiger partial charge >= 0.3 is 6.03 Å². The van der Waals surface area contributed by atoms with Crippen molar-refractivity contribution in [1.29, 1.82) is 0 Å². The lowest BCUT2D eigenvalue weighted by Crippen LogP contribution is -2.47. The highest BCUT2D eigenvalue weighted by molar-refractivity contribution is 6.07. The van der Waals surface area contributed by atoms with Crippen molar-refractivity contribution in [2.45, 2.75) is 31.3 Å². The van der Waals surface area contributed by atoms with E-state index in [1.807, 2.05) is 12.1 Å². The maximum Gasteiger partial charge on any atom is 0.325 e. The second-order valence-electron chi connectivity index (χ2n) is 5.94. The van der Waals surface area contributed by atoms with Gasteiger partial charge in [0.15, 0.2) is 0 Å². The molecule has 0 saturated carbocycles. The number of nitrogens with one attached hydrogen (secondary N) is 2. The van der Waals surface area contributed by atoms with Gasteiger partial charge in [-0.3, -0.25) is 9.69 Å². The summed E-state index contributed by atoms with van der Waals surface area (Å²) < 4.78 is 5.14. The highest BCUT2D eigenvalue weighted by atomic mass is 16.5. The topological polar surface area (TPSA) is 70.7 Å². The lowest BCUT2D eigenvalue weighted by Gasteiger charge is -2.30. The molecule has 3 rings (SSSR count). The van der Waals surface area contributed by atoms with Crippen LogP contribution in [0.15, 0.2) is 24.3 Å². The number of benzene rings is 1. The number of hydrogen-bond donors (Lipinski definition) is 2. The van der Waals surface area contributed by atoms with Crippen molar-refractivity contribution in [2.24, 2.45) is 0 Å². The van der Waals surface area contributed by atoms with Crippen molar-refractivity contribution in [1.82, 2.24) is 15.5 Å². The van der Waals surface area contributed by atoms with Crippen molar-refractivity contribution in [2.75, 3.05) is 20.2 Å². The third-order valence-electron chi connectivity index (χ3n) is 4.56. The molecule has 2 heterocycles. The van der Waals surface area contributed by atoms with Crippen LogP contribution in [-0.4, -0.2) is 43.1 Å². The fraction of sp³-hybridized carbons (Fsp3) is 0.500. The van der Waals surface area contributed by atoms with Crippen LogP contribution >= 0.6 is 0 Å². The Morgan fingerprint density at radius 1 is 1.18 bits per heavy atom. The molecule has 1 unspecified atom stereocenters. The Balaban J connectivity index is 1.87. The van der Waals surface area contributed by atoms with Crippen molar-refractivity contribution >= 4 is 11.9 Å². The second kappa shape index (κ2) is 5.61. The first-order valence-corrected chi connectivity index (χ1v) is 7.57. The Bertz CT molecular complexity index is 581. The Morgan fingerprint density at radius 2 is 1.82 bits per heavy atom. The fourth-order valence-corrected chi connectivity index (χ4v) is 3.18. The van der Waals surface area contributed by atoms with E-state index in [-0.39, 0.29) is 18.0 Å². The molecule has 1 aromatic rings. The third kappa shape index (κ3) is 2.33. The lowest BCUT2D eigenvalue weighted by molar-refractivity contribution is -0.133. The number of nitrogens with zero attached hydrogens (tertiary/aromatic N) is 1. The first-order chi connectivity index (χ1) is 10.6. The molecule has 2 saturated heterocycles. The number of hydrogen-bond acceptors (Lipinski definition) is 4. The molecule has 0 bridgehead atoms. The van der Waals surface area contributed by atoms with Crippen molar-refractivity contribution in [3.8, 4) is 5.75 Å². The minimum Gasteiger partial charge on any atom is -0.497 e. The first kappa shape index (κ1) is 14.8. The molecule has 0 radical (unpaired) electrons. The molecule has 0 aliphatic carbocycles. The quantitative estimate of drug-likeness (QED) is 0.824. The number of amides is 3. The number of imide groups is 1. The monoisotopic (exact) mass is 303 g/mol. The van der Waals surface area contributed by atoms with E-state index in [2.05, 4.69) is 10.6 Å². The molecule has 6 nitrogen and oxygen atoms in total. The largest absolute Gasteiger partial charge is 0.497 e. The number of ether oxygens (including phenoxy) is 1. The lowest BCUT2D eigenvalue weighted by atomic mass is 9.91. The number of piperidine rings is 1. The summed E-state index contributed by atoms with van der Waals surface area (Å²) in [6, 6.07) is 6.93. The molecule has 118 valence electrons. The van der Waals surface area contributed by atoms with Gasteiger partial charge in [0.05, 0.1) is 7.11 Å². The fourth-order valence-electron chi connectivity index (χ4n) is 3.18. The molecule has 22 heavy (non-hydrogen) atoms. The Labute approximate surface area is 129 Å². The Morgan fingerprint density at radius 3 is 2.41 bits per heavy atom. The van der Waals surface area contributed by atoms with E-state index in [1.165, 1.54) is 4.90 Å². The van der Waals surface area contributed by atoms with Crippen LogP contribution in [0.1, 0.15) is 25.3 Å². The van der Waals surface area contributed by atoms with E-state index in [0.717, 1.165) is 37.2 Å². The number of rotatable bonds is 3. The molecular formula is C16H21N3O3. The van der Waals surface area contributed by atoms with E-state index < -0.39 is 5.54 Å². The molecule has 3 amide bonds. The van der Waals surface area contributed by atoms with Crippen LogP contribution in [0.25, 0.3) is 0 Å². The number of urea groups is 1. The molecule has 0 aromatic heterocycles. The van der Waals surface area contributed by atoms with Crippen LogP contribution in [-0.2, 0) is 10.3 Å². The zero-order valence-electron chi connectivity index (χ0n) is 12.9. The molecule has 2 fully saturated rings. The summed E-state index contributed by atoms with van der Waals surface area (Å²) in [4.78, 5) is 26.6. The van der Waals surface area contributed by atoms with E-state index in [4.69, 9.17) is 4.74 Å². The standard InChI is InChI=1S/C16H21N3O3/c1-16(11-3-5-13(22-2)6-4-11)14(20)19(15(21)18-16)12-7-9-17-10-8-12/h3-6,12,17H,7-10H2,1-2H3,(H,18,21). The van der Waals surface area contributed by atoms with E-state index in [1.54, 1.807) is 26.2 Å². The molecule has 1 atom stereocenters. The normalized spacial score (nSPS) is 26.2. The first-order valence-electron chi connectivity index (χ1n) is 7.57. The van der Waals surface area contributed by atoms with Crippen molar-refractivity contribution in [3.63, 3.8) is 0 Å². The summed E-state index contributed by atoms with van der Waals surface area (Å²) in [6.45, 7) is 3.43. The second-order valence-corrected chi connectivity index (χ2v) is 5.94. The van der Waals surface area contributed by atoms with Gasteiger partial charge in [0.2, 0.25) is 0 Å². The van der Waals surface area contributed by atoms with Gasteiger partial charge in [0.1, 0.15) is 11.3 Å². The van der Waals surface area contributed by atoms with E-state index in [0.29, 0.717) is 0 Å². The maximum absolute atomic E-state index is 12.9. The van der Waals surface area contributed by atoms with Crippen LogP contribution in [0.5, 0.6) is 5.75 Å². The van der Waals surface area contributed by atoms with Crippen LogP contribution in [0, 0.1) is 0 Å². The summed E-state index contributed by atoms with van der Waals surface area (Å²) >= 11 is 0. The van der Waals surface area contributed by atoms with Gasteiger partial charge in [0.25, 0.3) is 5.91 Å². The van der Waals surface area contributed by atoms with Crippen molar-refractivity contribution in [3.05, 3.63) is 29.8 Å². The predicted octanol–water partition coefficient (Wildman–Crippen LogP) is 1.21. The van der Waals surface area contributed by atoms with E-state index >= 15 is 0 Å². The minimum absolute atomic E-state index is 0.0196. The molecule has 1 aromatic carbocycles. The molecule has 2 N–H and O–H groups in total. The zero-order chi connectivity index (χ0) is 15.7. The van der Waals surface area contributed by atoms with Gasteiger partial charge < -0.3 is 15.4 Å². The average Bonchev–Trinajstić information content (AvgIpc) is 2.78. The van der Waals surface area contributed by atoms with Crippen LogP contribution in [0.3, 0.4) is 0 Å². The Kier molecular flexibility index (Phi) is 3.78. The number of methoxy groups -OCH3 is 1. The average molecular weight is 303 g/mol. The summed E-state index contributed by atoms with van der Waals surface area (Å²) in [5.74, 6) is 0.550. The minimum atomic E-state index is -1.01. The highest BCUT2D eigenvalue weighted by Gasteiger charge is 2.51. The molecule has 0 spiro atoms. The molecule has 2 aliphatic rings. The van der Waals surface area contributed by atoms with E-state index in [9.17, 15) is 9.59 Å². The summed E-state index contributed by atoms with van der Waals surface area (Å²) in [5, 5.41) is 6.11. The predicted molar refractivity (Wildman–Crippen MR) is 81.6 cm³/mol. The molecule has 2 aliphatic heterocycles. The van der Waals surface area contributed by atoms with Gasteiger partial charge in [-0.1, -0.05) is 12.1 Å². The van der Waals surface area contributed by atoms with Crippen LogP contribution in [0.2, 0.25) is 0 Å². The number of carbonyl (C=O) groups excluding carboxylic acids is 2. The smallest absolute Gasteiger partial charge is 0.325 e. The summed E-state index contributed by atoms with van der Waals surface area (Å²) in [7, 11) is 1.60. The molecule has 6 heteroatoms. The van der Waals surface area contributed by atoms with Gasteiger partial charge in [-0.25, -0.2) is 4.79 Å². The highest BCUT2D eigenvalue weighted by Crippen LogP contribution is 2.32. The van der Waals surface area contributed by atoms with Gasteiger partial charge in [0, 0.05) is 6.04 Å². The Hall–Kier alpha value is -2.08. The third-order valence-corrected chi connectivity index (χ3v) is 4.56. The van der Waals surface area contributed by atoms with Crippen LogP contribution < -0.4 is 15.4 Å². The summed E-state index contributed by atoms with van der Waals surface area (Å²) in [6.07, 6.45) is 1.61.